The normalized spacial score (nSPS) is 10.3. The summed E-state index contributed by atoms with van der Waals surface area (Å²) in [5.41, 5.74) is 3.28. The molecule has 1 rings (SSSR count). The average molecular weight is 193 g/mol. The molecule has 0 saturated carbocycles. The van der Waals surface area contributed by atoms with Crippen molar-refractivity contribution in [2.24, 2.45) is 5.92 Å². The molecule has 3 nitrogen and oxygen atoms in total. The van der Waals surface area contributed by atoms with Gasteiger partial charge in [0, 0.05) is 5.56 Å². The van der Waals surface area contributed by atoms with Gasteiger partial charge in [0.25, 0.3) is 5.91 Å². The second-order valence-electron chi connectivity index (χ2n) is 3.74. The Morgan fingerprint density at radius 1 is 1.36 bits per heavy atom. The Bertz CT molecular complexity index is 304. The number of rotatable bonds is 3. The summed E-state index contributed by atoms with van der Waals surface area (Å²) in [5, 5.41) is 8.40. The fraction of sp³-hybridized carbons (Fsp3) is 0.364. The van der Waals surface area contributed by atoms with Crippen molar-refractivity contribution in [2.45, 2.75) is 20.3 Å². The second-order valence-corrected chi connectivity index (χ2v) is 3.74. The summed E-state index contributed by atoms with van der Waals surface area (Å²) >= 11 is 0. The summed E-state index contributed by atoms with van der Waals surface area (Å²) in [6, 6.07) is 7.24. The van der Waals surface area contributed by atoms with E-state index in [4.69, 9.17) is 5.21 Å². The van der Waals surface area contributed by atoms with Crippen LogP contribution in [-0.2, 0) is 6.42 Å². The molecule has 0 unspecified atom stereocenters. The molecule has 0 aliphatic rings. The molecule has 0 saturated heterocycles. The van der Waals surface area contributed by atoms with E-state index < -0.39 is 5.91 Å². The van der Waals surface area contributed by atoms with Crippen LogP contribution in [0.4, 0.5) is 0 Å². The summed E-state index contributed by atoms with van der Waals surface area (Å²) in [6.07, 6.45) is 1.00. The van der Waals surface area contributed by atoms with E-state index in [-0.39, 0.29) is 0 Å². The lowest BCUT2D eigenvalue weighted by atomic mass is 10.0. The fourth-order valence-electron chi connectivity index (χ4n) is 1.33. The van der Waals surface area contributed by atoms with E-state index in [0.29, 0.717) is 11.5 Å². The largest absolute Gasteiger partial charge is 0.288 e. The minimum absolute atomic E-state index is 0.471. The number of hydrogen-bond donors (Lipinski definition) is 2. The topological polar surface area (TPSA) is 49.3 Å². The van der Waals surface area contributed by atoms with E-state index in [1.54, 1.807) is 17.6 Å². The average Bonchev–Trinajstić information content (AvgIpc) is 2.17. The number of benzene rings is 1. The Balaban J connectivity index is 2.73. The van der Waals surface area contributed by atoms with Gasteiger partial charge in [0.2, 0.25) is 0 Å². The standard InChI is InChI=1S/C11H15NO2/c1-8(2)7-9-3-5-10(6-4-9)11(13)12-14/h3-6,8,14H,7H2,1-2H3,(H,12,13). The maximum Gasteiger partial charge on any atom is 0.274 e. The third kappa shape index (κ3) is 2.85. The maximum atomic E-state index is 11.0. The van der Waals surface area contributed by atoms with Crippen LogP contribution in [0.25, 0.3) is 0 Å². The highest BCUT2D eigenvalue weighted by molar-refractivity contribution is 5.93. The molecule has 76 valence electrons. The Hall–Kier alpha value is -1.35. The van der Waals surface area contributed by atoms with Crippen molar-refractivity contribution in [1.29, 1.82) is 0 Å². The van der Waals surface area contributed by atoms with Crippen LogP contribution in [0.5, 0.6) is 0 Å². The number of amides is 1. The molecule has 0 aliphatic heterocycles. The van der Waals surface area contributed by atoms with Crippen LogP contribution >= 0.6 is 0 Å². The molecule has 1 aromatic carbocycles. The van der Waals surface area contributed by atoms with Crippen molar-refractivity contribution >= 4 is 5.91 Å². The van der Waals surface area contributed by atoms with Gasteiger partial charge >= 0.3 is 0 Å². The smallest absolute Gasteiger partial charge is 0.274 e. The van der Waals surface area contributed by atoms with E-state index in [9.17, 15) is 4.79 Å². The minimum atomic E-state index is -0.471. The molecule has 2 N–H and O–H groups in total. The molecule has 1 amide bonds. The zero-order valence-corrected chi connectivity index (χ0v) is 8.45. The van der Waals surface area contributed by atoms with E-state index in [1.165, 1.54) is 5.56 Å². The van der Waals surface area contributed by atoms with Crippen molar-refractivity contribution in [2.75, 3.05) is 0 Å². The Morgan fingerprint density at radius 3 is 2.36 bits per heavy atom. The van der Waals surface area contributed by atoms with Crippen LogP contribution in [0, 0.1) is 5.92 Å². The molecule has 0 atom stereocenters. The highest BCUT2D eigenvalue weighted by atomic mass is 16.5. The second kappa shape index (κ2) is 4.77. The van der Waals surface area contributed by atoms with Crippen LogP contribution in [0.15, 0.2) is 24.3 Å². The first-order chi connectivity index (χ1) is 6.63. The van der Waals surface area contributed by atoms with Gasteiger partial charge in [0.15, 0.2) is 0 Å². The summed E-state index contributed by atoms with van der Waals surface area (Å²) in [6.45, 7) is 4.29. The van der Waals surface area contributed by atoms with Crippen molar-refractivity contribution in [1.82, 2.24) is 5.48 Å². The van der Waals surface area contributed by atoms with Gasteiger partial charge in [-0.25, -0.2) is 5.48 Å². The molecular weight excluding hydrogens is 178 g/mol. The maximum absolute atomic E-state index is 11.0. The Kier molecular flexibility index (Phi) is 3.65. The van der Waals surface area contributed by atoms with E-state index >= 15 is 0 Å². The fourth-order valence-corrected chi connectivity index (χ4v) is 1.33. The first-order valence-electron chi connectivity index (χ1n) is 4.67. The first kappa shape index (κ1) is 10.7. The lowest BCUT2D eigenvalue weighted by Gasteiger charge is -2.05. The molecule has 0 radical (unpaired) electrons. The molecule has 0 spiro atoms. The zero-order valence-electron chi connectivity index (χ0n) is 8.45. The van der Waals surface area contributed by atoms with Crippen LogP contribution in [-0.4, -0.2) is 11.1 Å². The third-order valence-corrected chi connectivity index (χ3v) is 1.96. The van der Waals surface area contributed by atoms with Gasteiger partial charge in [-0.2, -0.15) is 0 Å². The van der Waals surface area contributed by atoms with Crippen molar-refractivity contribution in [3.63, 3.8) is 0 Å². The van der Waals surface area contributed by atoms with E-state index in [1.807, 2.05) is 12.1 Å². The van der Waals surface area contributed by atoms with Crippen molar-refractivity contribution in [3.05, 3.63) is 35.4 Å². The lowest BCUT2D eigenvalue weighted by Crippen LogP contribution is -2.18. The predicted octanol–water partition coefficient (Wildman–Crippen LogP) is 2.00. The molecule has 0 heterocycles. The lowest BCUT2D eigenvalue weighted by molar-refractivity contribution is 0.0706. The highest BCUT2D eigenvalue weighted by Gasteiger charge is 2.03. The molecule has 0 aromatic heterocycles. The van der Waals surface area contributed by atoms with Crippen molar-refractivity contribution < 1.29 is 10.0 Å². The predicted molar refractivity (Wildman–Crippen MR) is 54.2 cm³/mol. The van der Waals surface area contributed by atoms with Gasteiger partial charge in [-0.3, -0.25) is 10.0 Å². The molecule has 3 heteroatoms. The number of nitrogens with one attached hydrogen (secondary N) is 1. The summed E-state index contributed by atoms with van der Waals surface area (Å²) in [5.74, 6) is 0.133. The minimum Gasteiger partial charge on any atom is -0.288 e. The summed E-state index contributed by atoms with van der Waals surface area (Å²) in [4.78, 5) is 11.0. The molecule has 0 bridgehead atoms. The summed E-state index contributed by atoms with van der Waals surface area (Å²) in [7, 11) is 0. The van der Waals surface area contributed by atoms with Crippen LogP contribution in [0.1, 0.15) is 29.8 Å². The van der Waals surface area contributed by atoms with Crippen LogP contribution in [0.2, 0.25) is 0 Å². The highest BCUT2D eigenvalue weighted by Crippen LogP contribution is 2.09. The molecular formula is C11H15NO2. The van der Waals surface area contributed by atoms with Crippen LogP contribution in [0.3, 0.4) is 0 Å². The zero-order chi connectivity index (χ0) is 10.6. The number of carbonyl (C=O) groups is 1. The monoisotopic (exact) mass is 193 g/mol. The number of hydroxylamine groups is 1. The third-order valence-electron chi connectivity index (χ3n) is 1.96. The quantitative estimate of drug-likeness (QED) is 0.570. The number of hydrogen-bond acceptors (Lipinski definition) is 2. The molecule has 1 aromatic rings. The van der Waals surface area contributed by atoms with Gasteiger partial charge in [-0.05, 0) is 30.0 Å². The van der Waals surface area contributed by atoms with Crippen molar-refractivity contribution in [3.8, 4) is 0 Å². The van der Waals surface area contributed by atoms with Crippen LogP contribution < -0.4 is 5.48 Å². The Morgan fingerprint density at radius 2 is 1.93 bits per heavy atom. The molecule has 14 heavy (non-hydrogen) atoms. The van der Waals surface area contributed by atoms with E-state index in [0.717, 1.165) is 6.42 Å². The molecule has 0 aliphatic carbocycles. The SMILES string of the molecule is CC(C)Cc1ccc(C(=O)NO)cc1. The van der Waals surface area contributed by atoms with Gasteiger partial charge < -0.3 is 0 Å². The van der Waals surface area contributed by atoms with E-state index in [2.05, 4.69) is 13.8 Å². The van der Waals surface area contributed by atoms with Gasteiger partial charge in [-0.15, -0.1) is 0 Å². The van der Waals surface area contributed by atoms with Gasteiger partial charge in [0.05, 0.1) is 0 Å². The first-order valence-corrected chi connectivity index (χ1v) is 4.67. The Labute approximate surface area is 83.7 Å². The number of carbonyl (C=O) groups excluding carboxylic acids is 1. The van der Waals surface area contributed by atoms with Gasteiger partial charge in [0.1, 0.15) is 0 Å². The molecule has 0 fully saturated rings. The summed E-state index contributed by atoms with van der Waals surface area (Å²) < 4.78 is 0. The van der Waals surface area contributed by atoms with Gasteiger partial charge in [-0.1, -0.05) is 26.0 Å².